The summed E-state index contributed by atoms with van der Waals surface area (Å²) in [6, 6.07) is 0. The van der Waals surface area contributed by atoms with Crippen molar-refractivity contribution in [3.63, 3.8) is 0 Å². The van der Waals surface area contributed by atoms with Gasteiger partial charge in [0.25, 0.3) is 0 Å². The molecule has 1 fully saturated rings. The number of carboxylic acids is 2. The molecular weight excluding hydrogens is 329 g/mol. The molecule has 3 atom stereocenters. The fraction of sp³-hybridized carbons (Fsp3) is 0.667. The van der Waals surface area contributed by atoms with E-state index in [0.717, 1.165) is 0 Å². The van der Waals surface area contributed by atoms with Crippen molar-refractivity contribution in [2.45, 2.75) is 19.3 Å². The summed E-state index contributed by atoms with van der Waals surface area (Å²) in [7, 11) is 0. The van der Waals surface area contributed by atoms with Gasteiger partial charge in [0.15, 0.2) is 0 Å². The first-order valence-electron chi connectivity index (χ1n) is 4.80. The molecule has 0 spiro atoms. The fourth-order valence-electron chi connectivity index (χ4n) is 2.13. The number of carbonyl (C=O) groups is 3. The van der Waals surface area contributed by atoms with E-state index in [2.05, 4.69) is 3.53 Å². The van der Waals surface area contributed by atoms with Crippen LogP contribution in [0.25, 0.3) is 0 Å². The van der Waals surface area contributed by atoms with E-state index in [9.17, 15) is 14.4 Å². The Labute approximate surface area is 106 Å². The Hall–Kier alpha value is -0.860. The normalized spacial score (nSPS) is 28.7. The Morgan fingerprint density at radius 3 is 2.25 bits per heavy atom. The second-order valence-electron chi connectivity index (χ2n) is 3.93. The minimum absolute atomic E-state index is 0.0731. The first-order chi connectivity index (χ1) is 7.45. The van der Waals surface area contributed by atoms with Crippen molar-refractivity contribution in [1.29, 1.82) is 0 Å². The predicted octanol–water partition coefficient (Wildman–Crippen LogP) is 0.654. The first-order valence-corrected chi connectivity index (χ1v) is 5.88. The number of carboxylic acid groups (broad SMARTS) is 2. The number of halogens is 1. The zero-order valence-electron chi connectivity index (χ0n) is 8.35. The van der Waals surface area contributed by atoms with E-state index in [1.807, 2.05) is 0 Å². The van der Waals surface area contributed by atoms with Gasteiger partial charge in [0, 0.05) is 6.42 Å². The molecule has 1 amide bonds. The molecule has 16 heavy (non-hydrogen) atoms. The van der Waals surface area contributed by atoms with Gasteiger partial charge in [0.2, 0.25) is 5.91 Å². The van der Waals surface area contributed by atoms with Crippen molar-refractivity contribution in [1.82, 2.24) is 3.53 Å². The van der Waals surface area contributed by atoms with Crippen LogP contribution in [0.5, 0.6) is 0 Å². The van der Waals surface area contributed by atoms with Gasteiger partial charge >= 0.3 is 11.9 Å². The maximum Gasteiger partial charge on any atom is 0.306 e. The fourth-order valence-corrected chi connectivity index (χ4v) is 2.35. The molecule has 6 nitrogen and oxygen atoms in total. The molecule has 0 aromatic rings. The number of hydrogen-bond acceptors (Lipinski definition) is 3. The molecule has 90 valence electrons. The van der Waals surface area contributed by atoms with Gasteiger partial charge in [-0.1, -0.05) is 0 Å². The molecule has 0 aromatic heterocycles. The molecule has 0 aromatic carbocycles. The minimum atomic E-state index is -1.02. The summed E-state index contributed by atoms with van der Waals surface area (Å²) in [5.41, 5.74) is 0. The van der Waals surface area contributed by atoms with E-state index in [1.165, 1.54) is 0 Å². The zero-order chi connectivity index (χ0) is 12.3. The molecule has 0 bridgehead atoms. The molecule has 1 aliphatic carbocycles. The molecule has 7 heteroatoms. The minimum Gasteiger partial charge on any atom is -0.481 e. The van der Waals surface area contributed by atoms with Crippen molar-refractivity contribution in [3.05, 3.63) is 0 Å². The lowest BCUT2D eigenvalue weighted by molar-refractivity contribution is -0.143. The van der Waals surface area contributed by atoms with E-state index >= 15 is 0 Å². The Bertz CT molecular complexity index is 319. The third-order valence-corrected chi connectivity index (χ3v) is 3.52. The zero-order valence-corrected chi connectivity index (χ0v) is 10.5. The average molecular weight is 341 g/mol. The second kappa shape index (κ2) is 5.46. The highest BCUT2D eigenvalue weighted by molar-refractivity contribution is 14.1. The molecule has 0 saturated heterocycles. The quantitative estimate of drug-likeness (QED) is 0.515. The highest BCUT2D eigenvalue weighted by Crippen LogP contribution is 2.38. The van der Waals surface area contributed by atoms with Crippen LogP contribution in [-0.2, 0) is 14.4 Å². The summed E-state index contributed by atoms with van der Waals surface area (Å²) in [5.74, 6) is -4.02. The Balaban J connectivity index is 2.69. The SMILES string of the molecule is O=C(CC1CC(C(=O)O)CC1C(=O)O)NI. The highest BCUT2D eigenvalue weighted by atomic mass is 127. The van der Waals surface area contributed by atoms with Crippen LogP contribution in [0, 0.1) is 17.8 Å². The number of rotatable bonds is 4. The molecule has 3 unspecified atom stereocenters. The van der Waals surface area contributed by atoms with Crippen LogP contribution in [0.15, 0.2) is 0 Å². The molecule has 1 saturated carbocycles. The number of hydrogen-bond donors (Lipinski definition) is 3. The van der Waals surface area contributed by atoms with Crippen molar-refractivity contribution < 1.29 is 24.6 Å². The maximum atomic E-state index is 11.2. The third kappa shape index (κ3) is 3.06. The van der Waals surface area contributed by atoms with Crippen LogP contribution in [0.1, 0.15) is 19.3 Å². The average Bonchev–Trinajstić information content (AvgIpc) is 2.61. The van der Waals surface area contributed by atoms with E-state index in [4.69, 9.17) is 10.2 Å². The topological polar surface area (TPSA) is 104 Å². The van der Waals surface area contributed by atoms with Gasteiger partial charge < -0.3 is 10.2 Å². The monoisotopic (exact) mass is 341 g/mol. The molecule has 1 aliphatic rings. The molecule has 0 radical (unpaired) electrons. The number of nitrogens with one attached hydrogen (secondary N) is 1. The predicted molar refractivity (Wildman–Crippen MR) is 61.8 cm³/mol. The van der Waals surface area contributed by atoms with Gasteiger partial charge in [-0.3, -0.25) is 17.9 Å². The number of aliphatic carboxylic acids is 2. The smallest absolute Gasteiger partial charge is 0.306 e. The summed E-state index contributed by atoms with van der Waals surface area (Å²) in [6.07, 6.45) is 0.448. The van der Waals surface area contributed by atoms with Crippen LogP contribution in [-0.4, -0.2) is 28.1 Å². The summed E-state index contributed by atoms with van der Waals surface area (Å²) in [6.45, 7) is 0. The number of carbonyl (C=O) groups excluding carboxylic acids is 1. The van der Waals surface area contributed by atoms with Gasteiger partial charge in [-0.25, -0.2) is 0 Å². The van der Waals surface area contributed by atoms with E-state index in [0.29, 0.717) is 0 Å². The molecule has 0 heterocycles. The second-order valence-corrected chi connectivity index (χ2v) is 4.47. The van der Waals surface area contributed by atoms with Crippen LogP contribution >= 0.6 is 22.9 Å². The van der Waals surface area contributed by atoms with Crippen molar-refractivity contribution >= 4 is 40.7 Å². The lowest BCUT2D eigenvalue weighted by Crippen LogP contribution is -2.23. The molecule has 1 rings (SSSR count). The Morgan fingerprint density at radius 2 is 1.81 bits per heavy atom. The standard InChI is InChI=1S/C9H12INO5/c10-11-7(12)3-4-1-5(8(13)14)2-6(4)9(15)16/h4-6H,1-3H2,(H,11,12)(H,13,14)(H,15,16). The van der Waals surface area contributed by atoms with Gasteiger partial charge in [-0.05, 0) is 18.8 Å². The third-order valence-electron chi connectivity index (χ3n) is 2.91. The molecular formula is C9H12INO5. The summed E-state index contributed by atoms with van der Waals surface area (Å²) < 4.78 is 2.39. The van der Waals surface area contributed by atoms with Gasteiger partial charge in [-0.15, -0.1) is 0 Å². The van der Waals surface area contributed by atoms with E-state index in [1.54, 1.807) is 22.9 Å². The van der Waals surface area contributed by atoms with Crippen LogP contribution in [0.4, 0.5) is 0 Å². The van der Waals surface area contributed by atoms with E-state index < -0.39 is 23.8 Å². The summed E-state index contributed by atoms with van der Waals surface area (Å²) in [5, 5.41) is 17.8. The first kappa shape index (κ1) is 13.2. The highest BCUT2D eigenvalue weighted by Gasteiger charge is 2.42. The number of amides is 1. The Kier molecular flexibility index (Phi) is 4.51. The van der Waals surface area contributed by atoms with Crippen LogP contribution in [0.3, 0.4) is 0 Å². The lowest BCUT2D eigenvalue weighted by Gasteiger charge is -2.13. The van der Waals surface area contributed by atoms with Crippen LogP contribution in [0.2, 0.25) is 0 Å². The summed E-state index contributed by atoms with van der Waals surface area (Å²) >= 11 is 1.68. The van der Waals surface area contributed by atoms with Crippen molar-refractivity contribution in [2.75, 3.05) is 0 Å². The largest absolute Gasteiger partial charge is 0.481 e. The van der Waals surface area contributed by atoms with Gasteiger partial charge in [-0.2, -0.15) is 0 Å². The summed E-state index contributed by atoms with van der Waals surface area (Å²) in [4.78, 5) is 32.9. The maximum absolute atomic E-state index is 11.2. The van der Waals surface area contributed by atoms with Gasteiger partial charge in [0.1, 0.15) is 0 Å². The molecule has 0 aliphatic heterocycles. The Morgan fingerprint density at radius 1 is 1.19 bits per heavy atom. The molecule has 3 N–H and O–H groups in total. The van der Waals surface area contributed by atoms with Crippen LogP contribution < -0.4 is 3.53 Å². The van der Waals surface area contributed by atoms with E-state index in [-0.39, 0.29) is 31.1 Å². The lowest BCUT2D eigenvalue weighted by atomic mass is 9.93. The van der Waals surface area contributed by atoms with Crippen molar-refractivity contribution in [3.8, 4) is 0 Å². The van der Waals surface area contributed by atoms with Gasteiger partial charge in [0.05, 0.1) is 34.7 Å². The van der Waals surface area contributed by atoms with Crippen molar-refractivity contribution in [2.24, 2.45) is 17.8 Å².